The van der Waals surface area contributed by atoms with Crippen molar-refractivity contribution in [2.24, 2.45) is 5.41 Å². The molecule has 1 aromatic carbocycles. The number of hydrogen-bond acceptors (Lipinski definition) is 5. The first-order valence-electron chi connectivity index (χ1n) is 7.41. The van der Waals surface area contributed by atoms with Crippen LogP contribution >= 0.6 is 0 Å². The van der Waals surface area contributed by atoms with Crippen molar-refractivity contribution in [2.75, 3.05) is 11.6 Å². The molecule has 2 aromatic rings. The van der Waals surface area contributed by atoms with Crippen molar-refractivity contribution in [1.82, 2.24) is 9.66 Å². The molecule has 0 aliphatic carbocycles. The van der Waals surface area contributed by atoms with Crippen LogP contribution in [-0.2, 0) is 4.79 Å². The first-order chi connectivity index (χ1) is 10.7. The first-order valence-corrected chi connectivity index (χ1v) is 7.41. The molecular weight excluding hydrogens is 298 g/mol. The van der Waals surface area contributed by atoms with Crippen LogP contribution in [0.5, 0.6) is 0 Å². The van der Waals surface area contributed by atoms with Crippen LogP contribution in [0.15, 0.2) is 29.1 Å². The smallest absolute Gasteiger partial charge is 0.329 e. The van der Waals surface area contributed by atoms with Crippen LogP contribution in [0.1, 0.15) is 32.7 Å². The lowest BCUT2D eigenvalue weighted by Gasteiger charge is -2.28. The van der Waals surface area contributed by atoms with Crippen molar-refractivity contribution in [1.29, 1.82) is 0 Å². The molecule has 0 spiro atoms. The zero-order chi connectivity index (χ0) is 16.9. The average Bonchev–Trinajstić information content (AvgIpc) is 3.25. The number of carbonyl (C=O) groups is 1. The summed E-state index contributed by atoms with van der Waals surface area (Å²) >= 11 is 0. The van der Waals surface area contributed by atoms with E-state index in [1.807, 2.05) is 20.8 Å². The highest BCUT2D eigenvalue weighted by Crippen LogP contribution is 2.32. The SMILES string of the molecule is CC(C)(C)[C@H](O)c1nc2ccccc2c(=O)n1N1C[C@H]1C(=O)O. The summed E-state index contributed by atoms with van der Waals surface area (Å²) in [5, 5.41) is 21.6. The number of aliphatic carboxylic acids is 1. The highest BCUT2D eigenvalue weighted by atomic mass is 16.4. The lowest BCUT2D eigenvalue weighted by Crippen LogP contribution is -2.38. The Morgan fingerprint density at radius 3 is 2.57 bits per heavy atom. The van der Waals surface area contributed by atoms with Crippen LogP contribution in [0.2, 0.25) is 0 Å². The van der Waals surface area contributed by atoms with Crippen LogP contribution in [0.25, 0.3) is 10.9 Å². The molecule has 1 aliphatic heterocycles. The summed E-state index contributed by atoms with van der Waals surface area (Å²) in [6.45, 7) is 5.72. The standard InChI is InChI=1S/C16H19N3O4/c1-16(2,3)12(20)13-17-10-7-5-4-6-9(10)14(21)19(13)18-8-11(18)15(22)23/h4-7,11-12,20H,8H2,1-3H3,(H,22,23)/t11-,12+,18?/m0/s1. The fraction of sp³-hybridized carbons (Fsp3) is 0.438. The van der Waals surface area contributed by atoms with Crippen LogP contribution in [0.3, 0.4) is 0 Å². The third kappa shape index (κ3) is 2.57. The molecule has 0 unspecified atom stereocenters. The number of carboxylic acids is 1. The molecule has 1 aliphatic rings. The van der Waals surface area contributed by atoms with Crippen molar-refractivity contribution in [3.05, 3.63) is 40.4 Å². The van der Waals surface area contributed by atoms with E-state index in [2.05, 4.69) is 4.98 Å². The van der Waals surface area contributed by atoms with E-state index in [9.17, 15) is 14.7 Å². The maximum atomic E-state index is 12.8. The van der Waals surface area contributed by atoms with Gasteiger partial charge in [0, 0.05) is 0 Å². The molecule has 1 saturated heterocycles. The van der Waals surface area contributed by atoms with Gasteiger partial charge in [0.2, 0.25) is 0 Å². The number of aromatic nitrogens is 2. The fourth-order valence-electron chi connectivity index (χ4n) is 2.51. The summed E-state index contributed by atoms with van der Waals surface area (Å²) in [6, 6.07) is 6.09. The zero-order valence-corrected chi connectivity index (χ0v) is 13.2. The van der Waals surface area contributed by atoms with Crippen LogP contribution in [0, 0.1) is 5.41 Å². The number of carboxylic acid groups (broad SMARTS) is 1. The van der Waals surface area contributed by atoms with Crippen molar-refractivity contribution in [3.63, 3.8) is 0 Å². The zero-order valence-electron chi connectivity index (χ0n) is 13.2. The maximum Gasteiger partial charge on any atom is 0.329 e. The van der Waals surface area contributed by atoms with E-state index in [1.54, 1.807) is 24.3 Å². The number of nitrogens with zero attached hydrogens (tertiary/aromatic N) is 3. The minimum atomic E-state index is -1.00. The van der Waals surface area contributed by atoms with Gasteiger partial charge in [-0.1, -0.05) is 32.9 Å². The number of aliphatic hydroxyl groups is 1. The molecule has 2 heterocycles. The van der Waals surface area contributed by atoms with Gasteiger partial charge in [-0.05, 0) is 17.5 Å². The summed E-state index contributed by atoms with van der Waals surface area (Å²) in [4.78, 5) is 28.4. The van der Waals surface area contributed by atoms with Crippen molar-refractivity contribution in [2.45, 2.75) is 32.9 Å². The quantitative estimate of drug-likeness (QED) is 0.816. The van der Waals surface area contributed by atoms with E-state index < -0.39 is 23.5 Å². The summed E-state index contributed by atoms with van der Waals surface area (Å²) in [7, 11) is 0. The monoisotopic (exact) mass is 317 g/mol. The second-order valence-corrected chi connectivity index (χ2v) is 6.85. The van der Waals surface area contributed by atoms with Crippen LogP contribution < -0.4 is 10.6 Å². The van der Waals surface area contributed by atoms with Gasteiger partial charge in [-0.2, -0.15) is 0 Å². The number of fused-ring (bicyclic) bond motifs is 1. The lowest BCUT2D eigenvalue weighted by molar-refractivity contribution is -0.136. The van der Waals surface area contributed by atoms with E-state index in [0.717, 1.165) is 0 Å². The van der Waals surface area contributed by atoms with Gasteiger partial charge in [0.1, 0.15) is 6.10 Å². The normalized spacial score (nSPS) is 19.0. The molecule has 2 N–H and O–H groups in total. The molecule has 1 fully saturated rings. The molecule has 7 heteroatoms. The van der Waals surface area contributed by atoms with Gasteiger partial charge in [-0.3, -0.25) is 9.80 Å². The van der Waals surface area contributed by atoms with E-state index in [0.29, 0.717) is 10.9 Å². The summed E-state index contributed by atoms with van der Waals surface area (Å²) in [5.41, 5.74) is -0.420. The molecule has 0 saturated carbocycles. The van der Waals surface area contributed by atoms with Crippen molar-refractivity contribution < 1.29 is 15.0 Å². The molecule has 122 valence electrons. The molecular formula is C16H19N3O4. The highest BCUT2D eigenvalue weighted by molar-refractivity contribution is 5.81. The van der Waals surface area contributed by atoms with Gasteiger partial charge in [0.15, 0.2) is 11.9 Å². The number of benzene rings is 1. The number of rotatable bonds is 3. The van der Waals surface area contributed by atoms with Gasteiger partial charge >= 0.3 is 5.97 Å². The number of aliphatic hydroxyl groups excluding tert-OH is 1. The van der Waals surface area contributed by atoms with Crippen molar-refractivity contribution >= 4 is 16.9 Å². The number of hydrogen-bond donors (Lipinski definition) is 2. The predicted molar refractivity (Wildman–Crippen MR) is 84.9 cm³/mol. The average molecular weight is 317 g/mol. The maximum absolute atomic E-state index is 12.8. The van der Waals surface area contributed by atoms with Gasteiger partial charge in [-0.15, -0.1) is 0 Å². The molecule has 2 atom stereocenters. The third-order valence-corrected chi connectivity index (χ3v) is 3.97. The third-order valence-electron chi connectivity index (χ3n) is 3.97. The topological polar surface area (TPSA) is 95.4 Å². The Bertz CT molecular complexity index is 837. The van der Waals surface area contributed by atoms with Crippen LogP contribution in [-0.4, -0.2) is 38.4 Å². The highest BCUT2D eigenvalue weighted by Gasteiger charge is 2.44. The predicted octanol–water partition coefficient (Wildman–Crippen LogP) is 0.881. The minimum Gasteiger partial charge on any atom is -0.480 e. The van der Waals surface area contributed by atoms with Crippen LogP contribution in [0.4, 0.5) is 0 Å². The molecule has 0 bridgehead atoms. The molecule has 0 amide bonds. The van der Waals surface area contributed by atoms with Gasteiger partial charge in [0.05, 0.1) is 17.4 Å². The Morgan fingerprint density at radius 2 is 2.00 bits per heavy atom. The molecule has 3 rings (SSSR count). The Morgan fingerprint density at radius 1 is 1.35 bits per heavy atom. The Labute approximate surface area is 132 Å². The molecule has 1 aromatic heterocycles. The molecule has 23 heavy (non-hydrogen) atoms. The van der Waals surface area contributed by atoms with Gasteiger partial charge < -0.3 is 10.2 Å². The largest absolute Gasteiger partial charge is 0.480 e. The van der Waals surface area contributed by atoms with E-state index >= 15 is 0 Å². The van der Waals surface area contributed by atoms with Gasteiger partial charge in [0.25, 0.3) is 5.56 Å². The second kappa shape index (κ2) is 5.06. The molecule has 7 nitrogen and oxygen atoms in total. The summed E-state index contributed by atoms with van der Waals surface area (Å²) < 4.78 is 1.22. The van der Waals surface area contributed by atoms with E-state index in [4.69, 9.17) is 5.11 Å². The number of para-hydroxylation sites is 1. The lowest BCUT2D eigenvalue weighted by atomic mass is 9.88. The first kappa shape index (κ1) is 15.5. The van der Waals surface area contributed by atoms with E-state index in [1.165, 1.54) is 9.69 Å². The Balaban J connectivity index is 2.25. The minimum absolute atomic E-state index is 0.171. The summed E-state index contributed by atoms with van der Waals surface area (Å²) in [5.74, 6) is -0.828. The molecule has 0 radical (unpaired) electrons. The van der Waals surface area contributed by atoms with Gasteiger partial charge in [-0.25, -0.2) is 14.5 Å². The second-order valence-electron chi connectivity index (χ2n) is 6.85. The van der Waals surface area contributed by atoms with E-state index in [-0.39, 0.29) is 17.9 Å². The summed E-state index contributed by atoms with van der Waals surface area (Å²) in [6.07, 6.45) is -1.00. The Kier molecular flexibility index (Phi) is 3.40. The Hall–Kier alpha value is -2.41. The van der Waals surface area contributed by atoms with Crippen molar-refractivity contribution in [3.8, 4) is 0 Å². The fourth-order valence-corrected chi connectivity index (χ4v) is 2.51.